The van der Waals surface area contributed by atoms with E-state index in [1.807, 2.05) is 19.9 Å². The van der Waals surface area contributed by atoms with Gasteiger partial charge in [0.2, 0.25) is 10.0 Å². The van der Waals surface area contributed by atoms with Gasteiger partial charge in [-0.05, 0) is 30.6 Å². The van der Waals surface area contributed by atoms with Gasteiger partial charge in [0.1, 0.15) is 6.04 Å². The first-order valence-corrected chi connectivity index (χ1v) is 7.95. The zero-order chi connectivity index (χ0) is 14.7. The van der Waals surface area contributed by atoms with Crippen LogP contribution < -0.4 is 4.72 Å². The van der Waals surface area contributed by atoms with Crippen molar-refractivity contribution in [2.24, 2.45) is 11.3 Å². The number of aliphatic carboxylic acids is 1. The second kappa shape index (κ2) is 5.88. The van der Waals surface area contributed by atoms with Crippen LogP contribution in [0.15, 0.2) is 0 Å². The third kappa shape index (κ3) is 5.17. The minimum absolute atomic E-state index is 0.0813. The molecule has 0 saturated heterocycles. The monoisotopic (exact) mass is 288 g/mol. The molecule has 0 aromatic heterocycles. The molecular weight excluding hydrogens is 268 g/mol. The SMILES string of the molecule is CC(C)C[C@@H](NS(=O)(=O)CC1(CC#N)CC1)C(=O)O. The molecule has 0 bridgehead atoms. The van der Waals surface area contributed by atoms with E-state index in [1.165, 1.54) is 0 Å². The number of nitrogens with zero attached hydrogens (tertiary/aromatic N) is 1. The Balaban J connectivity index is 2.67. The van der Waals surface area contributed by atoms with E-state index in [4.69, 9.17) is 10.4 Å². The zero-order valence-electron chi connectivity index (χ0n) is 11.2. The summed E-state index contributed by atoms with van der Waals surface area (Å²) >= 11 is 0. The van der Waals surface area contributed by atoms with Crippen molar-refractivity contribution in [2.75, 3.05) is 5.75 Å². The number of sulfonamides is 1. The van der Waals surface area contributed by atoms with Crippen LogP contribution in [0.25, 0.3) is 0 Å². The molecule has 0 aromatic carbocycles. The molecule has 0 unspecified atom stereocenters. The lowest BCUT2D eigenvalue weighted by atomic mass is 10.1. The molecule has 2 N–H and O–H groups in total. The molecule has 1 fully saturated rings. The van der Waals surface area contributed by atoms with Gasteiger partial charge in [-0.3, -0.25) is 4.79 Å². The van der Waals surface area contributed by atoms with E-state index in [0.29, 0.717) is 12.8 Å². The van der Waals surface area contributed by atoms with Crippen molar-refractivity contribution < 1.29 is 18.3 Å². The predicted molar refractivity (Wildman–Crippen MR) is 69.7 cm³/mol. The Morgan fingerprint density at radius 2 is 2.05 bits per heavy atom. The first-order valence-electron chi connectivity index (χ1n) is 6.29. The molecule has 0 aromatic rings. The highest BCUT2D eigenvalue weighted by molar-refractivity contribution is 7.89. The van der Waals surface area contributed by atoms with Crippen molar-refractivity contribution in [1.29, 1.82) is 5.26 Å². The van der Waals surface area contributed by atoms with Gasteiger partial charge in [-0.2, -0.15) is 5.26 Å². The lowest BCUT2D eigenvalue weighted by molar-refractivity contribution is -0.139. The van der Waals surface area contributed by atoms with E-state index >= 15 is 0 Å². The molecular formula is C12H20N2O4S. The van der Waals surface area contributed by atoms with Crippen LogP contribution in [-0.2, 0) is 14.8 Å². The van der Waals surface area contributed by atoms with Gasteiger partial charge >= 0.3 is 5.97 Å². The summed E-state index contributed by atoms with van der Waals surface area (Å²) in [5.74, 6) is -1.24. The maximum absolute atomic E-state index is 12.0. The van der Waals surface area contributed by atoms with E-state index in [9.17, 15) is 13.2 Å². The molecule has 6 nitrogen and oxygen atoms in total. The van der Waals surface area contributed by atoms with Crippen molar-refractivity contribution in [1.82, 2.24) is 4.72 Å². The molecule has 0 spiro atoms. The summed E-state index contributed by atoms with van der Waals surface area (Å²) in [6.07, 6.45) is 1.88. The van der Waals surface area contributed by atoms with Gasteiger partial charge in [-0.1, -0.05) is 13.8 Å². The summed E-state index contributed by atoms with van der Waals surface area (Å²) in [5, 5.41) is 17.7. The van der Waals surface area contributed by atoms with Crippen LogP contribution in [0.5, 0.6) is 0 Å². The summed E-state index contributed by atoms with van der Waals surface area (Å²) in [6.45, 7) is 3.67. The number of carbonyl (C=O) groups is 1. The minimum atomic E-state index is -3.67. The predicted octanol–water partition coefficient (Wildman–Crippen LogP) is 1.10. The van der Waals surface area contributed by atoms with Crippen LogP contribution in [0.2, 0.25) is 0 Å². The Kier molecular flexibility index (Phi) is 4.93. The van der Waals surface area contributed by atoms with Crippen LogP contribution in [0, 0.1) is 22.7 Å². The number of hydrogen-bond acceptors (Lipinski definition) is 4. The summed E-state index contributed by atoms with van der Waals surface area (Å²) in [7, 11) is -3.67. The number of hydrogen-bond donors (Lipinski definition) is 2. The van der Waals surface area contributed by atoms with Crippen LogP contribution in [0.4, 0.5) is 0 Å². The summed E-state index contributed by atoms with van der Waals surface area (Å²) in [5.41, 5.74) is -0.457. The van der Waals surface area contributed by atoms with Gasteiger partial charge in [-0.15, -0.1) is 0 Å². The third-order valence-electron chi connectivity index (χ3n) is 3.23. The van der Waals surface area contributed by atoms with Gasteiger partial charge in [0.25, 0.3) is 0 Å². The lowest BCUT2D eigenvalue weighted by Gasteiger charge is -2.18. The fourth-order valence-corrected chi connectivity index (χ4v) is 3.96. The Bertz CT molecular complexity index is 474. The quantitative estimate of drug-likeness (QED) is 0.695. The molecule has 7 heteroatoms. The number of nitriles is 1. The molecule has 0 aliphatic heterocycles. The highest BCUT2D eigenvalue weighted by Gasteiger charge is 2.46. The van der Waals surface area contributed by atoms with Crippen LogP contribution >= 0.6 is 0 Å². The van der Waals surface area contributed by atoms with Gasteiger partial charge < -0.3 is 5.11 Å². The molecule has 1 aliphatic carbocycles. The van der Waals surface area contributed by atoms with Crippen LogP contribution in [0.1, 0.15) is 39.5 Å². The molecule has 1 saturated carbocycles. The second-order valence-electron chi connectivity index (χ2n) is 5.73. The smallest absolute Gasteiger partial charge is 0.321 e. The Morgan fingerprint density at radius 1 is 1.47 bits per heavy atom. The molecule has 0 amide bonds. The van der Waals surface area contributed by atoms with Gasteiger partial charge in [-0.25, -0.2) is 13.1 Å². The Hall–Kier alpha value is -1.13. The fourth-order valence-electron chi connectivity index (χ4n) is 2.05. The van der Waals surface area contributed by atoms with E-state index < -0.39 is 27.4 Å². The van der Waals surface area contributed by atoms with Crippen molar-refractivity contribution in [3.05, 3.63) is 0 Å². The standard InChI is InChI=1S/C12H20N2O4S/c1-9(2)7-10(11(15)16)14-19(17,18)8-12(3-4-12)5-6-13/h9-10,14H,3-5,7-8H2,1-2H3,(H,15,16)/t10-/m1/s1. The average molecular weight is 288 g/mol. The van der Waals surface area contributed by atoms with E-state index in [0.717, 1.165) is 0 Å². The number of carboxylic acid groups (broad SMARTS) is 1. The first-order chi connectivity index (χ1) is 8.70. The second-order valence-corrected chi connectivity index (χ2v) is 7.49. The summed E-state index contributed by atoms with van der Waals surface area (Å²) < 4.78 is 26.2. The number of nitrogens with one attached hydrogen (secondary N) is 1. The highest BCUT2D eigenvalue weighted by Crippen LogP contribution is 2.49. The molecule has 1 rings (SSSR count). The molecule has 19 heavy (non-hydrogen) atoms. The number of carboxylic acids is 1. The van der Waals surface area contributed by atoms with Crippen molar-refractivity contribution >= 4 is 16.0 Å². The highest BCUT2D eigenvalue weighted by atomic mass is 32.2. The summed E-state index contributed by atoms with van der Waals surface area (Å²) in [4.78, 5) is 11.0. The Labute approximate surface area is 113 Å². The molecule has 1 aliphatic rings. The zero-order valence-corrected chi connectivity index (χ0v) is 12.0. The lowest BCUT2D eigenvalue weighted by Crippen LogP contribution is -2.43. The molecule has 108 valence electrons. The Morgan fingerprint density at radius 3 is 2.42 bits per heavy atom. The fraction of sp³-hybridized carbons (Fsp3) is 0.833. The van der Waals surface area contributed by atoms with Crippen molar-refractivity contribution in [3.8, 4) is 6.07 Å². The normalized spacial score (nSPS) is 18.8. The maximum Gasteiger partial charge on any atom is 0.321 e. The number of rotatable bonds is 8. The maximum atomic E-state index is 12.0. The van der Waals surface area contributed by atoms with Crippen LogP contribution in [-0.4, -0.2) is 31.3 Å². The average Bonchev–Trinajstić information content (AvgIpc) is 2.94. The van der Waals surface area contributed by atoms with Crippen LogP contribution in [0.3, 0.4) is 0 Å². The largest absolute Gasteiger partial charge is 0.480 e. The van der Waals surface area contributed by atoms with E-state index in [2.05, 4.69) is 4.72 Å². The van der Waals surface area contributed by atoms with E-state index in [1.54, 1.807) is 0 Å². The topological polar surface area (TPSA) is 107 Å². The van der Waals surface area contributed by atoms with Gasteiger partial charge in [0.05, 0.1) is 11.8 Å². The van der Waals surface area contributed by atoms with E-state index in [-0.39, 0.29) is 24.5 Å². The van der Waals surface area contributed by atoms with Crippen molar-refractivity contribution in [2.45, 2.75) is 45.6 Å². The van der Waals surface area contributed by atoms with Crippen molar-refractivity contribution in [3.63, 3.8) is 0 Å². The molecule has 1 atom stereocenters. The minimum Gasteiger partial charge on any atom is -0.480 e. The first kappa shape index (κ1) is 15.9. The third-order valence-corrected chi connectivity index (χ3v) is 4.87. The summed E-state index contributed by atoms with van der Waals surface area (Å²) in [6, 6.07) is 0.898. The van der Waals surface area contributed by atoms with Gasteiger partial charge in [0.15, 0.2) is 0 Å². The molecule has 0 radical (unpaired) electrons. The molecule has 0 heterocycles. The van der Waals surface area contributed by atoms with Gasteiger partial charge in [0, 0.05) is 6.42 Å².